The van der Waals surface area contributed by atoms with Crippen LogP contribution in [0.25, 0.3) is 10.1 Å². The highest BCUT2D eigenvalue weighted by Crippen LogP contribution is 2.38. The topological polar surface area (TPSA) is 66.6 Å². The summed E-state index contributed by atoms with van der Waals surface area (Å²) in [6.07, 6.45) is 3.07. The summed E-state index contributed by atoms with van der Waals surface area (Å²) < 4.78 is 1.13. The van der Waals surface area contributed by atoms with Crippen LogP contribution in [0.15, 0.2) is 60.0 Å². The van der Waals surface area contributed by atoms with Crippen LogP contribution in [0.3, 0.4) is 0 Å². The maximum atomic E-state index is 13.2. The molecule has 1 radical (unpaired) electrons. The summed E-state index contributed by atoms with van der Waals surface area (Å²) in [4.78, 5) is 29.7. The molecule has 5 nitrogen and oxygen atoms in total. The van der Waals surface area contributed by atoms with Crippen molar-refractivity contribution in [3.05, 3.63) is 77.5 Å². The second-order valence-corrected chi connectivity index (χ2v) is 9.44. The minimum Gasteiger partial charge on any atom is -0.368 e. The molecule has 0 spiro atoms. The largest absolute Gasteiger partial charge is 0.368 e. The highest BCUT2D eigenvalue weighted by Gasteiger charge is 2.50. The number of rotatable bonds is 6. The normalized spacial score (nSPS) is 23.4. The van der Waals surface area contributed by atoms with Crippen LogP contribution < -0.4 is 5.73 Å². The summed E-state index contributed by atoms with van der Waals surface area (Å²) >= 11 is 1.60. The fourth-order valence-electron chi connectivity index (χ4n) is 5.22. The van der Waals surface area contributed by atoms with Crippen LogP contribution in [0.1, 0.15) is 22.3 Å². The van der Waals surface area contributed by atoms with E-state index >= 15 is 0 Å². The van der Waals surface area contributed by atoms with Gasteiger partial charge in [0.1, 0.15) is 0 Å². The Morgan fingerprint density at radius 2 is 1.81 bits per heavy atom. The van der Waals surface area contributed by atoms with Gasteiger partial charge in [0.05, 0.1) is 11.6 Å². The number of likely N-dealkylation sites (tertiary alicyclic amines) is 2. The minimum atomic E-state index is -0.300. The molecular formula is C25H26N3O2S. The summed E-state index contributed by atoms with van der Waals surface area (Å²) in [5, 5.41) is 2.97. The predicted molar refractivity (Wildman–Crippen MR) is 124 cm³/mol. The molecule has 2 saturated heterocycles. The minimum absolute atomic E-state index is 0.0685. The van der Waals surface area contributed by atoms with E-state index < -0.39 is 0 Å². The van der Waals surface area contributed by atoms with E-state index in [0.717, 1.165) is 35.2 Å². The second-order valence-electron chi connectivity index (χ2n) is 8.53. The average Bonchev–Trinajstić information content (AvgIpc) is 3.46. The van der Waals surface area contributed by atoms with Crippen molar-refractivity contribution >= 4 is 33.2 Å². The molecule has 0 saturated carbocycles. The van der Waals surface area contributed by atoms with Crippen LogP contribution in [0.4, 0.5) is 0 Å². The fraction of sp³-hybridized carbons (Fsp3) is 0.320. The molecule has 2 aliphatic rings. The number of benzene rings is 2. The molecule has 3 heterocycles. The third-order valence-electron chi connectivity index (χ3n) is 6.65. The highest BCUT2D eigenvalue weighted by atomic mass is 32.1. The third-order valence-corrected chi connectivity index (χ3v) is 7.61. The number of nitrogens with zero attached hydrogens (tertiary/aromatic N) is 2. The van der Waals surface area contributed by atoms with E-state index in [-0.39, 0.29) is 23.8 Å². The molecule has 5 rings (SSSR count). The molecule has 2 N–H and O–H groups in total. The molecule has 159 valence electrons. The summed E-state index contributed by atoms with van der Waals surface area (Å²) in [6, 6.07) is 18.0. The zero-order valence-electron chi connectivity index (χ0n) is 17.3. The zero-order valence-corrected chi connectivity index (χ0v) is 18.1. The number of primary amides is 1. The van der Waals surface area contributed by atoms with E-state index in [9.17, 15) is 9.59 Å². The Morgan fingerprint density at radius 3 is 2.61 bits per heavy atom. The number of hydrogen-bond acceptors (Lipinski definition) is 4. The van der Waals surface area contributed by atoms with Crippen LogP contribution >= 0.6 is 11.3 Å². The number of nitrogens with two attached hydrogens (primary N) is 1. The summed E-state index contributed by atoms with van der Waals surface area (Å²) in [5.41, 5.74) is 7.79. The van der Waals surface area contributed by atoms with Gasteiger partial charge in [0.15, 0.2) is 0 Å². The molecule has 2 aliphatic heterocycles. The first-order valence-corrected chi connectivity index (χ1v) is 11.7. The molecule has 3 atom stereocenters. The molecule has 3 aromatic rings. The number of fused-ring (bicyclic) bond motifs is 2. The van der Waals surface area contributed by atoms with Gasteiger partial charge in [0.2, 0.25) is 5.91 Å². The van der Waals surface area contributed by atoms with Crippen molar-refractivity contribution in [1.82, 2.24) is 9.80 Å². The van der Waals surface area contributed by atoms with Gasteiger partial charge in [-0.25, -0.2) is 0 Å². The van der Waals surface area contributed by atoms with Crippen molar-refractivity contribution < 1.29 is 9.59 Å². The average molecular weight is 433 g/mol. The van der Waals surface area contributed by atoms with Crippen LogP contribution in [0.5, 0.6) is 0 Å². The Morgan fingerprint density at radius 1 is 1.03 bits per heavy atom. The van der Waals surface area contributed by atoms with Crippen molar-refractivity contribution in [3.8, 4) is 0 Å². The van der Waals surface area contributed by atoms with E-state index in [1.807, 2.05) is 52.7 Å². The quantitative estimate of drug-likeness (QED) is 0.649. The lowest BCUT2D eigenvalue weighted by Crippen LogP contribution is -2.46. The van der Waals surface area contributed by atoms with Crippen molar-refractivity contribution in [2.24, 2.45) is 17.6 Å². The van der Waals surface area contributed by atoms with Crippen LogP contribution in [-0.4, -0.2) is 53.8 Å². The number of hydrogen-bond donors (Lipinski definition) is 1. The highest BCUT2D eigenvalue weighted by molar-refractivity contribution is 7.17. The SMILES string of the molecule is NC(=O)C1[C@@H]2CN(C(=O)c3csc4ccccc34)CC2CN1CC[CH]c1ccccc1. The van der Waals surface area contributed by atoms with Gasteiger partial charge in [-0.2, -0.15) is 0 Å². The van der Waals surface area contributed by atoms with E-state index in [1.54, 1.807) is 11.3 Å². The van der Waals surface area contributed by atoms with Gasteiger partial charge in [-0.1, -0.05) is 48.5 Å². The number of thiophene rings is 1. The molecule has 1 aromatic heterocycles. The van der Waals surface area contributed by atoms with Crippen LogP contribution in [0.2, 0.25) is 0 Å². The molecule has 2 unspecified atom stereocenters. The standard InChI is InChI=1S/C25H26N3O2S/c26-24(29)23-20-15-28(25(30)21-16-31-22-11-5-4-10-19(21)22)14-18(20)13-27(23)12-6-9-17-7-2-1-3-8-17/h1-5,7-11,16,18,20,23H,6,12-15H2,(H2,26,29)/t18?,20-,23?/m1/s1. The molecule has 31 heavy (non-hydrogen) atoms. The van der Waals surface area contributed by atoms with Gasteiger partial charge in [-0.05, 0) is 36.9 Å². The Bertz CT molecular complexity index is 1100. The molecule has 2 fully saturated rings. The maximum absolute atomic E-state index is 13.2. The first-order valence-electron chi connectivity index (χ1n) is 10.8. The van der Waals surface area contributed by atoms with E-state index in [1.165, 1.54) is 5.56 Å². The van der Waals surface area contributed by atoms with E-state index in [2.05, 4.69) is 23.5 Å². The molecular weight excluding hydrogens is 406 g/mol. The molecule has 2 aromatic carbocycles. The van der Waals surface area contributed by atoms with Crippen molar-refractivity contribution in [2.45, 2.75) is 12.5 Å². The van der Waals surface area contributed by atoms with E-state index in [4.69, 9.17) is 5.73 Å². The second kappa shape index (κ2) is 8.44. The molecule has 2 amide bonds. The summed E-state index contributed by atoms with van der Waals surface area (Å²) in [6.45, 7) is 2.91. The maximum Gasteiger partial charge on any atom is 0.255 e. The Hall–Kier alpha value is -2.70. The summed E-state index contributed by atoms with van der Waals surface area (Å²) in [5.74, 6) is 0.202. The lowest BCUT2D eigenvalue weighted by atomic mass is 9.94. The Kier molecular flexibility index (Phi) is 5.50. The van der Waals surface area contributed by atoms with Gasteiger partial charge in [-0.15, -0.1) is 11.3 Å². The van der Waals surface area contributed by atoms with Crippen molar-refractivity contribution in [2.75, 3.05) is 26.2 Å². The predicted octanol–water partition coefficient (Wildman–Crippen LogP) is 3.40. The lowest BCUT2D eigenvalue weighted by Gasteiger charge is -2.27. The van der Waals surface area contributed by atoms with Crippen molar-refractivity contribution in [3.63, 3.8) is 0 Å². The van der Waals surface area contributed by atoms with Gasteiger partial charge in [-0.3, -0.25) is 14.5 Å². The molecule has 6 heteroatoms. The first kappa shape index (κ1) is 20.2. The van der Waals surface area contributed by atoms with Crippen LogP contribution in [0, 0.1) is 18.3 Å². The molecule has 0 aliphatic carbocycles. The van der Waals surface area contributed by atoms with Gasteiger partial charge in [0, 0.05) is 41.0 Å². The summed E-state index contributed by atoms with van der Waals surface area (Å²) in [7, 11) is 0. The smallest absolute Gasteiger partial charge is 0.255 e. The van der Waals surface area contributed by atoms with Crippen molar-refractivity contribution in [1.29, 1.82) is 0 Å². The Labute approximate surface area is 186 Å². The number of carbonyl (C=O) groups is 2. The monoisotopic (exact) mass is 432 g/mol. The lowest BCUT2D eigenvalue weighted by molar-refractivity contribution is -0.123. The fourth-order valence-corrected chi connectivity index (χ4v) is 6.15. The Balaban J connectivity index is 1.25. The van der Waals surface area contributed by atoms with Gasteiger partial charge < -0.3 is 10.6 Å². The zero-order chi connectivity index (χ0) is 21.4. The number of amides is 2. The van der Waals surface area contributed by atoms with Gasteiger partial charge in [0.25, 0.3) is 5.91 Å². The third kappa shape index (κ3) is 3.86. The van der Waals surface area contributed by atoms with E-state index in [0.29, 0.717) is 19.0 Å². The first-order chi connectivity index (χ1) is 15.1. The van der Waals surface area contributed by atoms with Crippen LogP contribution in [-0.2, 0) is 4.79 Å². The van der Waals surface area contributed by atoms with Gasteiger partial charge >= 0.3 is 0 Å². The molecule has 0 bridgehead atoms. The number of carbonyl (C=O) groups excluding carboxylic acids is 2.